The summed E-state index contributed by atoms with van der Waals surface area (Å²) >= 11 is 0. The Bertz CT molecular complexity index is 306. The van der Waals surface area contributed by atoms with Gasteiger partial charge in [0.15, 0.2) is 0 Å². The Balaban J connectivity index is 2.22. The molecule has 1 fully saturated rings. The molecule has 17 heavy (non-hydrogen) atoms. The molecule has 2 N–H and O–H groups in total. The second-order valence-electron chi connectivity index (χ2n) is 4.70. The summed E-state index contributed by atoms with van der Waals surface area (Å²) in [5.74, 6) is 0.174. The molecule has 1 aliphatic heterocycles. The first kappa shape index (κ1) is 14.9. The van der Waals surface area contributed by atoms with Crippen LogP contribution in [0.1, 0.15) is 26.2 Å². The molecule has 0 amide bonds. The fourth-order valence-electron chi connectivity index (χ4n) is 2.13. The molecule has 0 aromatic carbocycles. The molecule has 0 radical (unpaired) electrons. The van der Waals surface area contributed by atoms with Crippen molar-refractivity contribution < 1.29 is 8.42 Å². The van der Waals surface area contributed by atoms with Crippen LogP contribution in [0.2, 0.25) is 0 Å². The van der Waals surface area contributed by atoms with Crippen LogP contribution in [0, 0.1) is 0 Å². The van der Waals surface area contributed by atoms with Crippen LogP contribution in [0.5, 0.6) is 0 Å². The van der Waals surface area contributed by atoms with Gasteiger partial charge in [0, 0.05) is 19.1 Å². The van der Waals surface area contributed by atoms with Gasteiger partial charge in [-0.25, -0.2) is 13.1 Å². The van der Waals surface area contributed by atoms with Gasteiger partial charge in [-0.15, -0.1) is 0 Å². The zero-order valence-electron chi connectivity index (χ0n) is 10.9. The van der Waals surface area contributed by atoms with Crippen LogP contribution in [0.3, 0.4) is 0 Å². The van der Waals surface area contributed by atoms with Gasteiger partial charge >= 0.3 is 0 Å². The number of rotatable bonds is 6. The van der Waals surface area contributed by atoms with Crippen LogP contribution in [-0.4, -0.2) is 58.3 Å². The molecule has 0 aliphatic carbocycles. The van der Waals surface area contributed by atoms with E-state index in [9.17, 15) is 8.42 Å². The maximum absolute atomic E-state index is 11.4. The molecule has 1 unspecified atom stereocenters. The predicted molar refractivity (Wildman–Crippen MR) is 70.6 cm³/mol. The standard InChI is InChI=1S/C11H25N3O2S/c1-3-13-17(15,16)10-7-12-11-5-4-8-14(2)9-6-11/h11-13H,3-10H2,1-2H3. The third-order valence-corrected chi connectivity index (χ3v) is 4.59. The lowest BCUT2D eigenvalue weighted by atomic mass is 10.1. The Hall–Kier alpha value is -0.170. The van der Waals surface area contributed by atoms with Gasteiger partial charge in [0.2, 0.25) is 10.0 Å². The Morgan fingerprint density at radius 3 is 2.76 bits per heavy atom. The van der Waals surface area contributed by atoms with Crippen molar-refractivity contribution in [3.8, 4) is 0 Å². The predicted octanol–water partition coefficient (Wildman–Crippen LogP) is -0.000400. The molecule has 0 aromatic heterocycles. The van der Waals surface area contributed by atoms with Crippen molar-refractivity contribution in [3.05, 3.63) is 0 Å². The quantitative estimate of drug-likeness (QED) is 0.708. The normalized spacial score (nSPS) is 23.5. The molecule has 1 saturated heterocycles. The van der Waals surface area contributed by atoms with Crippen LogP contribution in [0.15, 0.2) is 0 Å². The second kappa shape index (κ2) is 7.31. The topological polar surface area (TPSA) is 61.4 Å². The van der Waals surface area contributed by atoms with E-state index in [1.54, 1.807) is 6.92 Å². The number of sulfonamides is 1. The zero-order chi connectivity index (χ0) is 12.7. The molecule has 5 nitrogen and oxygen atoms in total. The fraction of sp³-hybridized carbons (Fsp3) is 1.00. The Morgan fingerprint density at radius 1 is 1.29 bits per heavy atom. The first-order valence-corrected chi connectivity index (χ1v) is 8.08. The average molecular weight is 263 g/mol. The Kier molecular flexibility index (Phi) is 6.40. The van der Waals surface area contributed by atoms with Gasteiger partial charge in [-0.3, -0.25) is 0 Å². The smallest absolute Gasteiger partial charge is 0.212 e. The lowest BCUT2D eigenvalue weighted by Gasteiger charge is -2.16. The maximum atomic E-state index is 11.4. The largest absolute Gasteiger partial charge is 0.313 e. The zero-order valence-corrected chi connectivity index (χ0v) is 11.7. The minimum atomic E-state index is -3.08. The summed E-state index contributed by atoms with van der Waals surface area (Å²) in [6.45, 7) is 5.05. The number of likely N-dealkylation sites (tertiary alicyclic amines) is 1. The Morgan fingerprint density at radius 2 is 2.06 bits per heavy atom. The van der Waals surface area contributed by atoms with Crippen molar-refractivity contribution in [2.45, 2.75) is 32.2 Å². The summed E-state index contributed by atoms with van der Waals surface area (Å²) in [6.07, 6.45) is 3.44. The molecule has 0 saturated carbocycles. The summed E-state index contributed by atoms with van der Waals surface area (Å²) in [4.78, 5) is 2.33. The molecule has 1 heterocycles. The molecular formula is C11H25N3O2S. The van der Waals surface area contributed by atoms with Gasteiger partial charge in [-0.05, 0) is 39.4 Å². The van der Waals surface area contributed by atoms with E-state index in [2.05, 4.69) is 22.0 Å². The molecule has 0 spiro atoms. The molecule has 0 aromatic rings. The van der Waals surface area contributed by atoms with Crippen LogP contribution in [-0.2, 0) is 10.0 Å². The minimum Gasteiger partial charge on any atom is -0.313 e. The van der Waals surface area contributed by atoms with Crippen LogP contribution in [0.25, 0.3) is 0 Å². The molecule has 102 valence electrons. The molecule has 1 atom stereocenters. The highest BCUT2D eigenvalue weighted by Gasteiger charge is 2.15. The molecule has 6 heteroatoms. The van der Waals surface area contributed by atoms with E-state index in [4.69, 9.17) is 0 Å². The lowest BCUT2D eigenvalue weighted by Crippen LogP contribution is -2.37. The van der Waals surface area contributed by atoms with E-state index in [0.717, 1.165) is 25.9 Å². The van der Waals surface area contributed by atoms with E-state index in [1.165, 1.54) is 6.42 Å². The summed E-state index contributed by atoms with van der Waals surface area (Å²) in [5, 5.41) is 3.35. The minimum absolute atomic E-state index is 0.174. The summed E-state index contributed by atoms with van der Waals surface area (Å²) in [7, 11) is -0.938. The van der Waals surface area contributed by atoms with Crippen molar-refractivity contribution in [1.29, 1.82) is 0 Å². The first-order chi connectivity index (χ1) is 8.03. The highest BCUT2D eigenvalue weighted by Crippen LogP contribution is 2.09. The third kappa shape index (κ3) is 6.35. The van der Waals surface area contributed by atoms with Crippen molar-refractivity contribution in [3.63, 3.8) is 0 Å². The van der Waals surface area contributed by atoms with Crippen molar-refractivity contribution in [2.24, 2.45) is 0 Å². The molecule has 1 rings (SSSR count). The van der Waals surface area contributed by atoms with Crippen molar-refractivity contribution in [2.75, 3.05) is 39.0 Å². The monoisotopic (exact) mass is 263 g/mol. The van der Waals surface area contributed by atoms with Gasteiger partial charge in [0.1, 0.15) is 0 Å². The van der Waals surface area contributed by atoms with Crippen LogP contribution >= 0.6 is 0 Å². The summed E-state index contributed by atoms with van der Waals surface area (Å²) < 4.78 is 25.4. The SMILES string of the molecule is CCNS(=O)(=O)CCNC1CCCN(C)CC1. The van der Waals surface area contributed by atoms with E-state index < -0.39 is 10.0 Å². The summed E-state index contributed by atoms with van der Waals surface area (Å²) in [6, 6.07) is 0.469. The van der Waals surface area contributed by atoms with Crippen molar-refractivity contribution >= 4 is 10.0 Å². The lowest BCUT2D eigenvalue weighted by molar-refractivity contribution is 0.344. The fourth-order valence-corrected chi connectivity index (χ4v) is 3.10. The molecular weight excluding hydrogens is 238 g/mol. The maximum Gasteiger partial charge on any atom is 0.212 e. The molecule has 1 aliphatic rings. The average Bonchev–Trinajstić information content (AvgIpc) is 2.43. The van der Waals surface area contributed by atoms with Crippen molar-refractivity contribution in [1.82, 2.24) is 14.9 Å². The van der Waals surface area contributed by atoms with E-state index in [0.29, 0.717) is 19.1 Å². The van der Waals surface area contributed by atoms with Gasteiger partial charge < -0.3 is 10.2 Å². The van der Waals surface area contributed by atoms with Gasteiger partial charge in [-0.2, -0.15) is 0 Å². The number of nitrogens with one attached hydrogen (secondary N) is 2. The highest BCUT2D eigenvalue weighted by atomic mass is 32.2. The number of hydrogen-bond donors (Lipinski definition) is 2. The Labute approximate surface area is 105 Å². The number of nitrogens with zero attached hydrogens (tertiary/aromatic N) is 1. The van der Waals surface area contributed by atoms with E-state index in [1.807, 2.05) is 0 Å². The van der Waals surface area contributed by atoms with E-state index >= 15 is 0 Å². The van der Waals surface area contributed by atoms with Gasteiger partial charge in [-0.1, -0.05) is 6.92 Å². The van der Waals surface area contributed by atoms with Crippen LogP contribution < -0.4 is 10.0 Å². The van der Waals surface area contributed by atoms with E-state index in [-0.39, 0.29) is 5.75 Å². The first-order valence-electron chi connectivity index (χ1n) is 6.43. The highest BCUT2D eigenvalue weighted by molar-refractivity contribution is 7.89. The van der Waals surface area contributed by atoms with Crippen LogP contribution in [0.4, 0.5) is 0 Å². The second-order valence-corrected chi connectivity index (χ2v) is 6.63. The van der Waals surface area contributed by atoms with Gasteiger partial charge in [0.05, 0.1) is 5.75 Å². The molecule has 0 bridgehead atoms. The number of hydrogen-bond acceptors (Lipinski definition) is 4. The summed E-state index contributed by atoms with van der Waals surface area (Å²) in [5.41, 5.74) is 0. The third-order valence-electron chi connectivity index (χ3n) is 3.12. The van der Waals surface area contributed by atoms with Gasteiger partial charge in [0.25, 0.3) is 0 Å².